The topological polar surface area (TPSA) is 47.6 Å². The number of unbranched alkanes of at least 4 members (excludes halogenated alkanes) is 1. The lowest BCUT2D eigenvalue weighted by Crippen LogP contribution is -2.13. The van der Waals surface area contributed by atoms with E-state index in [0.717, 1.165) is 35.4 Å². The molecular weight excluding hydrogens is 326 g/mol. The van der Waals surface area contributed by atoms with Crippen LogP contribution in [0.5, 0.6) is 5.75 Å². The molecule has 2 aromatic carbocycles. The summed E-state index contributed by atoms with van der Waals surface area (Å²) in [6, 6.07) is 11.5. The lowest BCUT2D eigenvalue weighted by Gasteiger charge is -2.14. The summed E-state index contributed by atoms with van der Waals surface area (Å²) in [5, 5.41) is 2.99. The van der Waals surface area contributed by atoms with Gasteiger partial charge in [-0.25, -0.2) is 0 Å². The van der Waals surface area contributed by atoms with Gasteiger partial charge in [0.25, 0.3) is 5.91 Å². The minimum absolute atomic E-state index is 0.130. The molecule has 0 aliphatic rings. The Kier molecular flexibility index (Phi) is 7.67. The zero-order valence-corrected chi connectivity index (χ0v) is 16.2. The molecule has 140 valence electrons. The quantitative estimate of drug-likeness (QED) is 0.623. The third kappa shape index (κ3) is 5.60. The highest BCUT2D eigenvalue weighted by molar-refractivity contribution is 6.04. The molecule has 0 radical (unpaired) electrons. The van der Waals surface area contributed by atoms with Crippen LogP contribution in [0.3, 0.4) is 0 Å². The molecule has 4 nitrogen and oxygen atoms in total. The minimum Gasteiger partial charge on any atom is -0.494 e. The summed E-state index contributed by atoms with van der Waals surface area (Å²) in [4.78, 5) is 12.7. The Morgan fingerprint density at radius 1 is 1.08 bits per heavy atom. The molecule has 0 aliphatic heterocycles. The second-order valence-corrected chi connectivity index (χ2v) is 6.43. The predicted octanol–water partition coefficient (Wildman–Crippen LogP) is 5.27. The average molecular weight is 355 g/mol. The fourth-order valence-corrected chi connectivity index (χ4v) is 2.71. The molecule has 0 atom stereocenters. The van der Waals surface area contributed by atoms with Crippen molar-refractivity contribution in [1.29, 1.82) is 0 Å². The van der Waals surface area contributed by atoms with Crippen LogP contribution in [0.25, 0.3) is 0 Å². The van der Waals surface area contributed by atoms with Crippen molar-refractivity contribution in [3.05, 3.63) is 58.7 Å². The molecule has 2 aromatic rings. The third-order valence-corrected chi connectivity index (χ3v) is 4.15. The lowest BCUT2D eigenvalue weighted by molar-refractivity contribution is 0.102. The summed E-state index contributed by atoms with van der Waals surface area (Å²) in [6.45, 7) is 9.84. The molecule has 0 unspecified atom stereocenters. The second-order valence-electron chi connectivity index (χ2n) is 6.43. The molecule has 0 aromatic heterocycles. The van der Waals surface area contributed by atoms with Crippen LogP contribution in [0.2, 0.25) is 0 Å². The molecule has 0 saturated carbocycles. The van der Waals surface area contributed by atoms with E-state index in [1.54, 1.807) is 6.07 Å². The van der Waals surface area contributed by atoms with Crippen molar-refractivity contribution in [3.63, 3.8) is 0 Å². The number of aryl methyl sites for hydroxylation is 2. The van der Waals surface area contributed by atoms with Gasteiger partial charge in [-0.1, -0.05) is 31.0 Å². The van der Waals surface area contributed by atoms with Gasteiger partial charge in [0.15, 0.2) is 0 Å². The zero-order chi connectivity index (χ0) is 18.9. The fraction of sp³-hybridized carbons (Fsp3) is 0.409. The van der Waals surface area contributed by atoms with Crippen molar-refractivity contribution in [2.24, 2.45) is 0 Å². The number of hydrogen-bond acceptors (Lipinski definition) is 3. The van der Waals surface area contributed by atoms with Crippen LogP contribution in [-0.2, 0) is 11.3 Å². The largest absolute Gasteiger partial charge is 0.494 e. The highest BCUT2D eigenvalue weighted by atomic mass is 16.5. The lowest BCUT2D eigenvalue weighted by atomic mass is 10.1. The smallest absolute Gasteiger partial charge is 0.255 e. The number of carbonyl (C=O) groups is 1. The fourth-order valence-electron chi connectivity index (χ4n) is 2.71. The number of anilines is 1. The van der Waals surface area contributed by atoms with Crippen molar-refractivity contribution in [2.75, 3.05) is 18.5 Å². The maximum absolute atomic E-state index is 12.7. The summed E-state index contributed by atoms with van der Waals surface area (Å²) < 4.78 is 11.4. The van der Waals surface area contributed by atoms with Gasteiger partial charge >= 0.3 is 0 Å². The van der Waals surface area contributed by atoms with Crippen molar-refractivity contribution < 1.29 is 14.3 Å². The Morgan fingerprint density at radius 2 is 1.88 bits per heavy atom. The number of ether oxygens (including phenoxy) is 2. The van der Waals surface area contributed by atoms with Gasteiger partial charge in [0, 0.05) is 23.4 Å². The SMILES string of the molecule is CCCCOCc1cc(C(=O)Nc2ccc(C)cc2C)ccc1OCC. The van der Waals surface area contributed by atoms with E-state index in [0.29, 0.717) is 25.4 Å². The first-order valence-electron chi connectivity index (χ1n) is 9.27. The normalized spacial score (nSPS) is 10.6. The first-order valence-corrected chi connectivity index (χ1v) is 9.27. The average Bonchev–Trinajstić information content (AvgIpc) is 2.62. The number of nitrogens with one attached hydrogen (secondary N) is 1. The molecule has 0 bridgehead atoms. The maximum Gasteiger partial charge on any atom is 0.255 e. The van der Waals surface area contributed by atoms with E-state index in [2.05, 4.69) is 18.3 Å². The number of amides is 1. The number of benzene rings is 2. The van der Waals surface area contributed by atoms with Gasteiger partial charge < -0.3 is 14.8 Å². The Hall–Kier alpha value is -2.33. The first kappa shape index (κ1) is 20.0. The molecule has 2 rings (SSSR count). The van der Waals surface area contributed by atoms with Crippen molar-refractivity contribution in [2.45, 2.75) is 47.1 Å². The van der Waals surface area contributed by atoms with Gasteiger partial charge in [-0.2, -0.15) is 0 Å². The van der Waals surface area contributed by atoms with Crippen molar-refractivity contribution in [1.82, 2.24) is 0 Å². The van der Waals surface area contributed by atoms with E-state index in [1.807, 2.05) is 45.0 Å². The minimum atomic E-state index is -0.130. The van der Waals surface area contributed by atoms with Crippen LogP contribution in [0.1, 0.15) is 53.7 Å². The van der Waals surface area contributed by atoms with E-state index >= 15 is 0 Å². The highest BCUT2D eigenvalue weighted by Crippen LogP contribution is 2.23. The Labute approximate surface area is 156 Å². The molecule has 1 N–H and O–H groups in total. The van der Waals surface area contributed by atoms with Gasteiger partial charge in [-0.05, 0) is 57.0 Å². The molecule has 0 saturated heterocycles. The van der Waals surface area contributed by atoms with E-state index < -0.39 is 0 Å². The summed E-state index contributed by atoms with van der Waals surface area (Å²) in [5.74, 6) is 0.641. The van der Waals surface area contributed by atoms with Gasteiger partial charge in [-0.15, -0.1) is 0 Å². The van der Waals surface area contributed by atoms with Crippen LogP contribution in [0, 0.1) is 13.8 Å². The molecule has 4 heteroatoms. The molecule has 1 amide bonds. The summed E-state index contributed by atoms with van der Waals surface area (Å²) in [5.41, 5.74) is 4.55. The number of hydrogen-bond donors (Lipinski definition) is 1. The Bertz CT molecular complexity index is 740. The summed E-state index contributed by atoms with van der Waals surface area (Å²) in [6.07, 6.45) is 2.12. The van der Waals surface area contributed by atoms with Crippen molar-refractivity contribution in [3.8, 4) is 5.75 Å². The van der Waals surface area contributed by atoms with Gasteiger partial charge in [0.2, 0.25) is 0 Å². The van der Waals surface area contributed by atoms with E-state index in [1.165, 1.54) is 5.56 Å². The van der Waals surface area contributed by atoms with Crippen LogP contribution in [0.15, 0.2) is 36.4 Å². The highest BCUT2D eigenvalue weighted by Gasteiger charge is 2.12. The zero-order valence-electron chi connectivity index (χ0n) is 16.2. The number of carbonyl (C=O) groups excluding carboxylic acids is 1. The predicted molar refractivity (Wildman–Crippen MR) is 106 cm³/mol. The van der Waals surface area contributed by atoms with Crippen LogP contribution in [0.4, 0.5) is 5.69 Å². The van der Waals surface area contributed by atoms with E-state index in [9.17, 15) is 4.79 Å². The van der Waals surface area contributed by atoms with Crippen LogP contribution in [-0.4, -0.2) is 19.1 Å². The maximum atomic E-state index is 12.7. The summed E-state index contributed by atoms with van der Waals surface area (Å²) >= 11 is 0. The molecular formula is C22H29NO3. The molecule has 0 heterocycles. The van der Waals surface area contributed by atoms with Gasteiger partial charge in [0.1, 0.15) is 5.75 Å². The Balaban J connectivity index is 2.15. The molecule has 0 aliphatic carbocycles. The standard InChI is InChI=1S/C22H29NO3/c1-5-7-12-25-15-19-14-18(9-11-21(19)26-6-2)22(24)23-20-10-8-16(3)13-17(20)4/h8-11,13-14H,5-7,12,15H2,1-4H3,(H,23,24). The third-order valence-electron chi connectivity index (χ3n) is 4.15. The Morgan fingerprint density at radius 3 is 2.58 bits per heavy atom. The molecule has 0 fully saturated rings. The molecule has 0 spiro atoms. The van der Waals surface area contributed by atoms with Crippen molar-refractivity contribution >= 4 is 11.6 Å². The second kappa shape index (κ2) is 9.97. The molecule has 26 heavy (non-hydrogen) atoms. The van der Waals surface area contributed by atoms with Crippen LogP contribution >= 0.6 is 0 Å². The monoisotopic (exact) mass is 355 g/mol. The van der Waals surface area contributed by atoms with E-state index in [4.69, 9.17) is 9.47 Å². The van der Waals surface area contributed by atoms with Gasteiger partial charge in [0.05, 0.1) is 13.2 Å². The number of rotatable bonds is 9. The van der Waals surface area contributed by atoms with Crippen LogP contribution < -0.4 is 10.1 Å². The van der Waals surface area contributed by atoms with E-state index in [-0.39, 0.29) is 5.91 Å². The van der Waals surface area contributed by atoms with Gasteiger partial charge in [-0.3, -0.25) is 4.79 Å². The summed E-state index contributed by atoms with van der Waals surface area (Å²) in [7, 11) is 0. The first-order chi connectivity index (χ1) is 12.5.